The van der Waals surface area contributed by atoms with Crippen LogP contribution in [0.2, 0.25) is 24.2 Å². The fourth-order valence-corrected chi connectivity index (χ4v) is 15.7. The van der Waals surface area contributed by atoms with Crippen molar-refractivity contribution in [2.75, 3.05) is 0 Å². The number of halogens is 2. The highest BCUT2D eigenvalue weighted by atomic mass is 79.9. The largest absolute Gasteiger partial charge is 0.255 e. The van der Waals surface area contributed by atoms with Gasteiger partial charge in [0.1, 0.15) is 0 Å². The monoisotopic (exact) mass is 596 g/mol. The topological polar surface area (TPSA) is 25.8 Å². The van der Waals surface area contributed by atoms with Crippen molar-refractivity contribution >= 4 is 54.3 Å². The van der Waals surface area contributed by atoms with Crippen LogP contribution in [0.4, 0.5) is 0 Å². The zero-order chi connectivity index (χ0) is 23.5. The van der Waals surface area contributed by atoms with Crippen molar-refractivity contribution in [1.82, 2.24) is 9.97 Å². The zero-order valence-corrected chi connectivity index (χ0v) is 25.8. The average molecular weight is 599 g/mol. The Hall–Kier alpha value is -0.306. The van der Waals surface area contributed by atoms with Crippen LogP contribution in [0.25, 0.3) is 11.4 Å². The van der Waals surface area contributed by atoms with E-state index in [0.29, 0.717) is 0 Å². The van der Waals surface area contributed by atoms with E-state index in [4.69, 9.17) is 9.97 Å². The minimum atomic E-state index is -1.62. The van der Waals surface area contributed by atoms with Gasteiger partial charge in [-0.25, -0.2) is 0 Å². The lowest BCUT2D eigenvalue weighted by Gasteiger charge is -2.26. The van der Waals surface area contributed by atoms with E-state index in [1.54, 1.807) is 0 Å². The summed E-state index contributed by atoms with van der Waals surface area (Å²) >= 11 is 8.46. The van der Waals surface area contributed by atoms with E-state index in [9.17, 15) is 0 Å². The van der Waals surface area contributed by atoms with E-state index >= 15 is 0 Å². The van der Waals surface area contributed by atoms with Crippen molar-refractivity contribution in [2.45, 2.75) is 103 Å². The van der Waals surface area contributed by atoms with Crippen LogP contribution in [0.3, 0.4) is 0 Å². The molecule has 0 unspecified atom stereocenters. The first-order chi connectivity index (χ1) is 15.4. The smallest absolute Gasteiger partial charge is 0.162 e. The van der Waals surface area contributed by atoms with Crippen LogP contribution in [-0.4, -0.2) is 23.4 Å². The van der Waals surface area contributed by atoms with Gasteiger partial charge in [-0.3, -0.25) is 9.97 Å². The van der Waals surface area contributed by atoms with Gasteiger partial charge in [0.25, 0.3) is 0 Å². The van der Waals surface area contributed by atoms with Gasteiger partial charge in [0, 0.05) is 12.4 Å². The third-order valence-electron chi connectivity index (χ3n) is 6.53. The standard InChI is InChI=1S/C26H42Br2N2Si2/c1-5-9-17-31(27,18-10-6-2)23-13-15-25(29-21-23)26-16-14-24(22-30-26)32(28,19-11-7-3)20-12-8-4/h13-16,21-22H,5-12,17-20H2,1-4H3. The van der Waals surface area contributed by atoms with Crippen LogP contribution in [0.1, 0.15) is 79.1 Å². The second-order valence-electron chi connectivity index (χ2n) is 9.21. The Bertz CT molecular complexity index is 698. The lowest BCUT2D eigenvalue weighted by atomic mass is 10.2. The molecular weight excluding hydrogens is 556 g/mol. The molecule has 0 saturated heterocycles. The Balaban J connectivity index is 2.21. The second kappa shape index (κ2) is 14.2. The van der Waals surface area contributed by atoms with Crippen LogP contribution >= 0.6 is 30.6 Å². The average Bonchev–Trinajstić information content (AvgIpc) is 2.84. The van der Waals surface area contributed by atoms with Gasteiger partial charge >= 0.3 is 0 Å². The number of rotatable bonds is 15. The van der Waals surface area contributed by atoms with E-state index in [-0.39, 0.29) is 0 Å². The maximum atomic E-state index is 4.86. The Morgan fingerprint density at radius 1 is 0.562 bits per heavy atom. The third kappa shape index (κ3) is 7.88. The summed E-state index contributed by atoms with van der Waals surface area (Å²) in [5.41, 5.74) is 1.97. The van der Waals surface area contributed by atoms with Crippen molar-refractivity contribution in [3.63, 3.8) is 0 Å². The summed E-state index contributed by atoms with van der Waals surface area (Å²) in [6.07, 6.45) is 14.4. The summed E-state index contributed by atoms with van der Waals surface area (Å²) in [6.45, 7) is 5.90. The van der Waals surface area contributed by atoms with E-state index in [0.717, 1.165) is 11.4 Å². The van der Waals surface area contributed by atoms with Crippen LogP contribution in [0, 0.1) is 0 Å². The quantitative estimate of drug-likeness (QED) is 0.152. The molecule has 32 heavy (non-hydrogen) atoms. The van der Waals surface area contributed by atoms with Gasteiger partial charge in [-0.1, -0.05) is 91.2 Å². The Kier molecular flexibility index (Phi) is 12.4. The summed E-state index contributed by atoms with van der Waals surface area (Å²) in [4.78, 5) is 9.73. The summed E-state index contributed by atoms with van der Waals surface area (Å²) in [7, 11) is 0. The molecule has 0 aromatic carbocycles. The Morgan fingerprint density at radius 2 is 0.875 bits per heavy atom. The van der Waals surface area contributed by atoms with Gasteiger partial charge in [0.15, 0.2) is 13.4 Å². The molecule has 2 nitrogen and oxygen atoms in total. The molecular formula is C26H42Br2N2Si2. The second-order valence-corrected chi connectivity index (χ2v) is 25.3. The van der Waals surface area contributed by atoms with Crippen LogP contribution < -0.4 is 10.4 Å². The van der Waals surface area contributed by atoms with Crippen molar-refractivity contribution in [2.24, 2.45) is 0 Å². The molecule has 0 amide bonds. The number of hydrogen-bond acceptors (Lipinski definition) is 2. The molecule has 0 atom stereocenters. The summed E-state index contributed by atoms with van der Waals surface area (Å²) in [5, 5.41) is 2.87. The number of unbranched alkanes of at least 4 members (excludes halogenated alkanes) is 4. The number of hydrogen-bond donors (Lipinski definition) is 0. The summed E-state index contributed by atoms with van der Waals surface area (Å²) in [6, 6.07) is 14.2. The number of nitrogens with zero attached hydrogens (tertiary/aromatic N) is 2. The first-order valence-electron chi connectivity index (χ1n) is 12.7. The van der Waals surface area contributed by atoms with E-state index in [2.05, 4.69) is 94.9 Å². The van der Waals surface area contributed by atoms with Gasteiger partial charge in [-0.15, -0.1) is 30.6 Å². The first-order valence-corrected chi connectivity index (χ1v) is 22.1. The molecule has 0 radical (unpaired) electrons. The molecule has 6 heteroatoms. The molecule has 2 heterocycles. The van der Waals surface area contributed by atoms with Crippen LogP contribution in [0.15, 0.2) is 36.7 Å². The van der Waals surface area contributed by atoms with E-state index in [1.165, 1.54) is 85.9 Å². The van der Waals surface area contributed by atoms with E-state index in [1.807, 2.05) is 0 Å². The highest BCUT2D eigenvalue weighted by molar-refractivity contribution is 9.26. The van der Waals surface area contributed by atoms with Gasteiger partial charge < -0.3 is 0 Å². The summed E-state index contributed by atoms with van der Waals surface area (Å²) in [5.74, 6) is 0. The SMILES string of the molecule is CCCC[Si](Br)(CCCC)c1ccc(-c2ccc([Si](Br)(CCCC)CCCC)cn2)nc1. The molecule has 2 rings (SSSR count). The number of pyridine rings is 2. The molecule has 0 aliphatic carbocycles. The third-order valence-corrected chi connectivity index (χ3v) is 21.3. The lowest BCUT2D eigenvalue weighted by Crippen LogP contribution is -2.42. The van der Waals surface area contributed by atoms with Gasteiger partial charge in [-0.2, -0.15) is 0 Å². The highest BCUT2D eigenvalue weighted by Gasteiger charge is 2.32. The fraction of sp³-hybridized carbons (Fsp3) is 0.615. The summed E-state index contributed by atoms with van der Waals surface area (Å²) < 4.78 is 0. The number of aromatic nitrogens is 2. The predicted molar refractivity (Wildman–Crippen MR) is 155 cm³/mol. The highest BCUT2D eigenvalue weighted by Crippen LogP contribution is 2.29. The van der Waals surface area contributed by atoms with Gasteiger partial charge in [0.2, 0.25) is 0 Å². The van der Waals surface area contributed by atoms with Crippen LogP contribution in [0.5, 0.6) is 0 Å². The molecule has 0 aliphatic rings. The molecule has 178 valence electrons. The van der Waals surface area contributed by atoms with Gasteiger partial charge in [0.05, 0.1) is 11.4 Å². The Morgan fingerprint density at radius 3 is 1.09 bits per heavy atom. The maximum Gasteiger partial charge on any atom is 0.162 e. The minimum Gasteiger partial charge on any atom is -0.255 e. The molecule has 2 aromatic rings. The minimum absolute atomic E-state index is 0.985. The molecule has 0 N–H and O–H groups in total. The van der Waals surface area contributed by atoms with Gasteiger partial charge in [-0.05, 0) is 46.7 Å². The predicted octanol–water partition coefficient (Wildman–Crippen LogP) is 8.44. The molecule has 2 aromatic heterocycles. The van der Waals surface area contributed by atoms with Crippen molar-refractivity contribution in [3.05, 3.63) is 36.7 Å². The lowest BCUT2D eigenvalue weighted by molar-refractivity contribution is 0.843. The van der Waals surface area contributed by atoms with Crippen molar-refractivity contribution in [3.8, 4) is 11.4 Å². The molecule has 0 spiro atoms. The maximum absolute atomic E-state index is 4.86. The van der Waals surface area contributed by atoms with Crippen molar-refractivity contribution < 1.29 is 0 Å². The molecule has 0 bridgehead atoms. The molecule has 0 fully saturated rings. The van der Waals surface area contributed by atoms with E-state index < -0.39 is 13.4 Å². The van der Waals surface area contributed by atoms with Crippen LogP contribution in [-0.2, 0) is 0 Å². The molecule has 0 aliphatic heterocycles. The Labute approximate surface area is 214 Å². The normalized spacial score (nSPS) is 12.3. The van der Waals surface area contributed by atoms with Crippen molar-refractivity contribution in [1.29, 1.82) is 0 Å². The zero-order valence-electron chi connectivity index (χ0n) is 20.6. The first kappa shape index (κ1) is 27.9. The molecule has 0 saturated carbocycles. The fourth-order valence-electron chi connectivity index (χ4n) is 4.28.